The second-order valence-electron chi connectivity index (χ2n) is 2.80. The quantitative estimate of drug-likeness (QED) is 0.352. The van der Waals surface area contributed by atoms with Crippen LogP contribution >= 0.6 is 0 Å². The maximum atomic E-state index is 11.2. The van der Waals surface area contributed by atoms with Gasteiger partial charge in [0.15, 0.2) is 5.75 Å². The van der Waals surface area contributed by atoms with Crippen LogP contribution in [0.3, 0.4) is 0 Å². The molecule has 1 aromatic rings. The van der Waals surface area contributed by atoms with Gasteiger partial charge in [-0.3, -0.25) is 24.0 Å². The molecule has 0 aliphatic heterocycles. The molecular formula is C8H5BO6. The van der Waals surface area contributed by atoms with E-state index < -0.39 is 32.9 Å². The average Bonchev–Trinajstić information content (AvgIpc) is 2.28. The van der Waals surface area contributed by atoms with Gasteiger partial charge in [0.1, 0.15) is 0 Å². The molecule has 0 aliphatic rings. The summed E-state index contributed by atoms with van der Waals surface area (Å²) in [5.74, 6) is -0.552. The molecule has 15 heavy (non-hydrogen) atoms. The van der Waals surface area contributed by atoms with E-state index in [-0.39, 0.29) is 5.56 Å². The second kappa shape index (κ2) is 3.60. The van der Waals surface area contributed by atoms with Crippen molar-refractivity contribution in [1.82, 2.24) is 0 Å². The molecule has 0 N–H and O–H groups in total. The van der Waals surface area contributed by atoms with Gasteiger partial charge in [-0.2, -0.15) is 0 Å². The summed E-state index contributed by atoms with van der Waals surface area (Å²) in [7, 11) is 1.07. The Kier molecular flexibility index (Phi) is 2.65. The van der Waals surface area contributed by atoms with Crippen LogP contribution in [0.5, 0.6) is 5.75 Å². The first-order valence-corrected chi connectivity index (χ1v) is 3.88. The molecule has 1 rings (SSSR count). The Labute approximate surface area is 82.9 Å². The first-order chi connectivity index (χ1) is 6.91. The van der Waals surface area contributed by atoms with Crippen molar-refractivity contribution in [3.8, 4) is 5.75 Å². The van der Waals surface area contributed by atoms with Crippen LogP contribution in [-0.2, 0) is 0 Å². The minimum atomic E-state index is -1.61. The molecule has 0 radical (unpaired) electrons. The third-order valence-corrected chi connectivity index (χ3v) is 1.92. The van der Waals surface area contributed by atoms with Crippen LogP contribution < -0.4 is 31.8 Å². The summed E-state index contributed by atoms with van der Waals surface area (Å²) in [6, 6.07) is 0. The molecule has 0 atom stereocenters. The largest absolute Gasteiger partial charge is 0.565 e. The fraction of sp³-hybridized carbons (Fsp3) is 0.125. The van der Waals surface area contributed by atoms with Gasteiger partial charge in [-0.15, -0.1) is 0 Å². The van der Waals surface area contributed by atoms with Gasteiger partial charge in [0, 0.05) is 5.56 Å². The molecule has 76 valence electrons. The lowest BCUT2D eigenvalue weighted by Crippen LogP contribution is -2.46. The van der Waals surface area contributed by atoms with Gasteiger partial charge in [-0.1, -0.05) is 0 Å². The van der Waals surface area contributed by atoms with Crippen LogP contribution in [0.15, 0.2) is 24.0 Å². The number of rotatable bonds is 1. The maximum Gasteiger partial charge on any atom is 0.322 e. The van der Waals surface area contributed by atoms with Crippen molar-refractivity contribution in [2.24, 2.45) is 0 Å². The molecule has 6 nitrogen and oxygen atoms in total. The summed E-state index contributed by atoms with van der Waals surface area (Å²) in [6.45, 7) is 1.14. The standard InChI is InChI=1S/C8H5BO6/c1-2-3(10)4(11)5(12)6(13)7(14)8(2)15-9/h9H2,1H3. The predicted octanol–water partition coefficient (Wildman–Crippen LogP) is -3.40. The van der Waals surface area contributed by atoms with E-state index in [1.165, 1.54) is 0 Å². The van der Waals surface area contributed by atoms with Crippen LogP contribution in [0, 0.1) is 6.92 Å². The zero-order valence-corrected chi connectivity index (χ0v) is 7.95. The van der Waals surface area contributed by atoms with E-state index in [0.717, 1.165) is 15.0 Å². The zero-order chi connectivity index (χ0) is 11.7. The Morgan fingerprint density at radius 1 is 0.800 bits per heavy atom. The molecular weight excluding hydrogens is 203 g/mol. The Bertz CT molecular complexity index is 668. The van der Waals surface area contributed by atoms with Crippen LogP contribution in [0.4, 0.5) is 0 Å². The third-order valence-electron chi connectivity index (χ3n) is 1.92. The Morgan fingerprint density at radius 3 is 1.67 bits per heavy atom. The summed E-state index contributed by atoms with van der Waals surface area (Å²) >= 11 is 0. The van der Waals surface area contributed by atoms with Gasteiger partial charge in [-0.05, 0) is 6.92 Å². The third kappa shape index (κ3) is 1.52. The van der Waals surface area contributed by atoms with E-state index in [0.29, 0.717) is 0 Å². The summed E-state index contributed by atoms with van der Waals surface area (Å²) in [5.41, 5.74) is -7.43. The fourth-order valence-electron chi connectivity index (χ4n) is 1.10. The lowest BCUT2D eigenvalue weighted by molar-refractivity contribution is 0.603. The molecule has 0 fully saturated rings. The molecule has 0 saturated carbocycles. The van der Waals surface area contributed by atoms with E-state index in [4.69, 9.17) is 0 Å². The highest BCUT2D eigenvalue weighted by Gasteiger charge is 2.14. The van der Waals surface area contributed by atoms with Crippen molar-refractivity contribution in [1.29, 1.82) is 0 Å². The maximum absolute atomic E-state index is 11.2. The number of hydrogen-bond acceptors (Lipinski definition) is 6. The molecule has 1 aromatic carbocycles. The molecule has 0 saturated heterocycles. The molecule has 7 heteroatoms. The van der Waals surface area contributed by atoms with Crippen molar-refractivity contribution in [3.05, 3.63) is 56.7 Å². The van der Waals surface area contributed by atoms with Crippen molar-refractivity contribution in [2.45, 2.75) is 6.92 Å². The van der Waals surface area contributed by atoms with E-state index in [1.807, 2.05) is 0 Å². The van der Waals surface area contributed by atoms with Crippen LogP contribution in [0.1, 0.15) is 5.56 Å². The van der Waals surface area contributed by atoms with Crippen molar-refractivity contribution < 1.29 is 4.65 Å². The zero-order valence-electron chi connectivity index (χ0n) is 7.95. The van der Waals surface area contributed by atoms with Gasteiger partial charge in [0.2, 0.25) is 5.43 Å². The molecule has 0 aromatic heterocycles. The predicted molar refractivity (Wildman–Crippen MR) is 54.1 cm³/mol. The van der Waals surface area contributed by atoms with Gasteiger partial charge in [0.05, 0.1) is 0 Å². The fourth-order valence-corrected chi connectivity index (χ4v) is 1.10. The minimum Gasteiger partial charge on any atom is -0.565 e. The summed E-state index contributed by atoms with van der Waals surface area (Å²) in [4.78, 5) is 55.4. The normalized spacial score (nSPS) is 9.93. The van der Waals surface area contributed by atoms with Gasteiger partial charge in [-0.25, -0.2) is 0 Å². The van der Waals surface area contributed by atoms with E-state index in [2.05, 4.69) is 4.65 Å². The topological polar surface area (TPSA) is 94.6 Å². The SMILES string of the molecule is BOc1c(C)c(=O)c(=O)c(=O)c(=O)c1=O. The van der Waals surface area contributed by atoms with Crippen LogP contribution in [0.25, 0.3) is 0 Å². The van der Waals surface area contributed by atoms with Gasteiger partial charge < -0.3 is 4.65 Å². The molecule has 0 unspecified atom stereocenters. The smallest absolute Gasteiger partial charge is 0.322 e. The van der Waals surface area contributed by atoms with Gasteiger partial charge in [0.25, 0.3) is 21.7 Å². The van der Waals surface area contributed by atoms with Crippen molar-refractivity contribution in [3.63, 3.8) is 0 Å². The number of hydrogen-bond donors (Lipinski definition) is 0. The summed E-state index contributed by atoms with van der Waals surface area (Å²) in [6.07, 6.45) is 0. The molecule has 0 amide bonds. The highest BCUT2D eigenvalue weighted by atomic mass is 16.4. The highest BCUT2D eigenvalue weighted by molar-refractivity contribution is 6.00. The molecule has 0 bridgehead atoms. The van der Waals surface area contributed by atoms with E-state index in [1.54, 1.807) is 0 Å². The summed E-state index contributed by atoms with van der Waals surface area (Å²) in [5, 5.41) is 0. The van der Waals surface area contributed by atoms with Crippen LogP contribution in [-0.4, -0.2) is 8.05 Å². The minimum absolute atomic E-state index is 0.327. The average molecular weight is 208 g/mol. The van der Waals surface area contributed by atoms with Crippen LogP contribution in [0.2, 0.25) is 0 Å². The lowest BCUT2D eigenvalue weighted by Gasteiger charge is -1.95. The first kappa shape index (κ1) is 11.0. The highest BCUT2D eigenvalue weighted by Crippen LogP contribution is 2.00. The monoisotopic (exact) mass is 208 g/mol. The van der Waals surface area contributed by atoms with E-state index in [9.17, 15) is 24.0 Å². The Morgan fingerprint density at radius 2 is 1.20 bits per heavy atom. The Hall–Kier alpha value is -2.05. The first-order valence-electron chi connectivity index (χ1n) is 3.88. The molecule has 0 aliphatic carbocycles. The van der Waals surface area contributed by atoms with E-state index >= 15 is 0 Å². The lowest BCUT2D eigenvalue weighted by atomic mass is 10.2. The molecule has 0 spiro atoms. The van der Waals surface area contributed by atoms with Crippen molar-refractivity contribution >= 4 is 8.05 Å². The van der Waals surface area contributed by atoms with Gasteiger partial charge >= 0.3 is 8.05 Å². The summed E-state index contributed by atoms with van der Waals surface area (Å²) < 4.78 is 4.52. The second-order valence-corrected chi connectivity index (χ2v) is 2.80. The Balaban J connectivity index is 4.33. The molecule has 0 heterocycles. The van der Waals surface area contributed by atoms with Crippen molar-refractivity contribution in [2.75, 3.05) is 0 Å².